The molecule has 0 bridgehead atoms. The zero-order valence-corrected chi connectivity index (χ0v) is 17.7. The van der Waals surface area contributed by atoms with Gasteiger partial charge >= 0.3 is 0 Å². The summed E-state index contributed by atoms with van der Waals surface area (Å²) in [5.41, 5.74) is 11.0. The predicted octanol–water partition coefficient (Wildman–Crippen LogP) is 3.20. The molecule has 1 aromatic heterocycles. The number of fused-ring (bicyclic) bond motifs is 1. The lowest BCUT2D eigenvalue weighted by Crippen LogP contribution is -2.35. The molecule has 1 saturated heterocycles. The summed E-state index contributed by atoms with van der Waals surface area (Å²) in [6.45, 7) is 4.13. The van der Waals surface area contributed by atoms with Gasteiger partial charge in [-0.05, 0) is 68.2 Å². The smallest absolute Gasteiger partial charge is 0.248 e. The Morgan fingerprint density at radius 2 is 2.10 bits per heavy atom. The molecular weight excluding hydrogens is 378 g/mol. The van der Waals surface area contributed by atoms with E-state index in [4.69, 9.17) is 5.73 Å². The number of hydrogen-bond donors (Lipinski definition) is 3. The fourth-order valence-corrected chi connectivity index (χ4v) is 4.67. The van der Waals surface area contributed by atoms with Crippen LogP contribution >= 0.6 is 0 Å². The van der Waals surface area contributed by atoms with Crippen molar-refractivity contribution in [2.45, 2.75) is 58.3 Å². The van der Waals surface area contributed by atoms with E-state index in [0.717, 1.165) is 43.7 Å². The maximum atomic E-state index is 12.8. The number of hydrogen-bond acceptors (Lipinski definition) is 4. The number of amides is 2. The van der Waals surface area contributed by atoms with E-state index in [9.17, 15) is 9.59 Å². The van der Waals surface area contributed by atoms with E-state index in [1.54, 1.807) is 12.1 Å². The summed E-state index contributed by atoms with van der Waals surface area (Å²) in [5.74, 6) is 0.0339. The Hall–Kier alpha value is -2.83. The van der Waals surface area contributed by atoms with Crippen molar-refractivity contribution in [2.24, 2.45) is 11.7 Å². The van der Waals surface area contributed by atoms with Gasteiger partial charge in [0.15, 0.2) is 0 Å². The molecule has 7 nitrogen and oxygen atoms in total. The summed E-state index contributed by atoms with van der Waals surface area (Å²) in [6, 6.07) is 5.34. The molecule has 1 aliphatic heterocycles. The summed E-state index contributed by atoms with van der Waals surface area (Å²) >= 11 is 0. The van der Waals surface area contributed by atoms with E-state index in [-0.39, 0.29) is 5.91 Å². The number of piperidine rings is 1. The van der Waals surface area contributed by atoms with Crippen LogP contribution in [0.1, 0.15) is 66.3 Å². The SMILES string of the molecule is C[C@H]1CCCN(c2ccc(C(N)=O)cc2NC(=O)CCc2n[nH]c3c2CCCC3)C1. The number of aromatic amines is 1. The van der Waals surface area contributed by atoms with Gasteiger partial charge in [0.1, 0.15) is 0 Å². The van der Waals surface area contributed by atoms with Crippen LogP contribution in [0.5, 0.6) is 0 Å². The van der Waals surface area contributed by atoms with Gasteiger partial charge in [0.25, 0.3) is 0 Å². The normalized spacial score (nSPS) is 18.7. The van der Waals surface area contributed by atoms with Crippen LogP contribution in [0, 0.1) is 5.92 Å². The number of rotatable bonds is 6. The van der Waals surface area contributed by atoms with Gasteiger partial charge in [-0.15, -0.1) is 0 Å². The molecule has 2 amide bonds. The standard InChI is InChI=1S/C23H31N5O2/c1-15-5-4-12-28(14-15)21-10-8-16(23(24)30)13-20(21)25-22(29)11-9-19-17-6-2-3-7-18(17)26-27-19/h8,10,13,15H,2-7,9,11-12,14H2,1H3,(H2,24,30)(H,25,29)(H,26,27)/t15-/m0/s1. The van der Waals surface area contributed by atoms with Gasteiger partial charge in [-0.25, -0.2) is 0 Å². The monoisotopic (exact) mass is 409 g/mol. The minimum absolute atomic E-state index is 0.0736. The molecule has 1 aliphatic carbocycles. The second kappa shape index (κ2) is 8.90. The molecule has 2 aromatic rings. The molecule has 0 radical (unpaired) electrons. The quantitative estimate of drug-likeness (QED) is 0.681. The van der Waals surface area contributed by atoms with Crippen LogP contribution in [0.15, 0.2) is 18.2 Å². The van der Waals surface area contributed by atoms with Gasteiger partial charge in [-0.1, -0.05) is 6.92 Å². The van der Waals surface area contributed by atoms with Crippen molar-refractivity contribution in [2.75, 3.05) is 23.3 Å². The Morgan fingerprint density at radius 1 is 1.27 bits per heavy atom. The average Bonchev–Trinajstić information content (AvgIpc) is 3.15. The number of primary amides is 1. The number of benzene rings is 1. The molecule has 30 heavy (non-hydrogen) atoms. The van der Waals surface area contributed by atoms with Gasteiger partial charge in [-0.2, -0.15) is 5.10 Å². The molecular formula is C23H31N5O2. The van der Waals surface area contributed by atoms with Crippen molar-refractivity contribution in [1.82, 2.24) is 10.2 Å². The Kier molecular flexibility index (Phi) is 6.06. The number of aryl methyl sites for hydroxylation is 2. The van der Waals surface area contributed by atoms with Crippen LogP contribution in [0.3, 0.4) is 0 Å². The molecule has 7 heteroatoms. The average molecular weight is 410 g/mol. The van der Waals surface area contributed by atoms with Crippen LogP contribution in [0.4, 0.5) is 11.4 Å². The number of nitrogens with zero attached hydrogens (tertiary/aromatic N) is 2. The van der Waals surface area contributed by atoms with Crippen molar-refractivity contribution < 1.29 is 9.59 Å². The van der Waals surface area contributed by atoms with Crippen molar-refractivity contribution in [3.8, 4) is 0 Å². The molecule has 4 N–H and O–H groups in total. The molecule has 0 spiro atoms. The van der Waals surface area contributed by atoms with Crippen molar-refractivity contribution in [3.63, 3.8) is 0 Å². The van der Waals surface area contributed by atoms with E-state index in [2.05, 4.69) is 27.3 Å². The fourth-order valence-electron chi connectivity index (χ4n) is 4.67. The first-order valence-electron chi connectivity index (χ1n) is 11.0. The molecule has 2 heterocycles. The fraction of sp³-hybridized carbons (Fsp3) is 0.522. The molecule has 4 rings (SSSR count). The highest BCUT2D eigenvalue weighted by Crippen LogP contribution is 2.31. The van der Waals surface area contributed by atoms with Crippen LogP contribution in [-0.2, 0) is 24.1 Å². The lowest BCUT2D eigenvalue weighted by atomic mass is 9.94. The number of carbonyl (C=O) groups is 2. The first-order valence-corrected chi connectivity index (χ1v) is 11.0. The van der Waals surface area contributed by atoms with E-state index < -0.39 is 5.91 Å². The Bertz CT molecular complexity index is 936. The molecule has 1 fully saturated rings. The lowest BCUT2D eigenvalue weighted by molar-refractivity contribution is -0.116. The zero-order chi connectivity index (χ0) is 21.1. The predicted molar refractivity (Wildman–Crippen MR) is 118 cm³/mol. The number of nitrogens with two attached hydrogens (primary N) is 1. The van der Waals surface area contributed by atoms with Gasteiger partial charge in [0.2, 0.25) is 11.8 Å². The zero-order valence-electron chi connectivity index (χ0n) is 17.7. The topological polar surface area (TPSA) is 104 Å². The number of H-pyrrole nitrogens is 1. The van der Waals surface area contributed by atoms with Gasteiger partial charge in [0.05, 0.1) is 17.1 Å². The summed E-state index contributed by atoms with van der Waals surface area (Å²) in [6.07, 6.45) is 7.78. The van der Waals surface area contributed by atoms with Crippen molar-refractivity contribution >= 4 is 23.2 Å². The van der Waals surface area contributed by atoms with E-state index in [1.807, 2.05) is 6.07 Å². The Morgan fingerprint density at radius 3 is 2.90 bits per heavy atom. The molecule has 2 aliphatic rings. The summed E-state index contributed by atoms with van der Waals surface area (Å²) < 4.78 is 0. The summed E-state index contributed by atoms with van der Waals surface area (Å²) in [7, 11) is 0. The molecule has 0 unspecified atom stereocenters. The van der Waals surface area contributed by atoms with Gasteiger partial charge in [0, 0.05) is 37.2 Å². The highest BCUT2D eigenvalue weighted by molar-refractivity contribution is 5.99. The third-order valence-corrected chi connectivity index (χ3v) is 6.28. The van der Waals surface area contributed by atoms with Gasteiger partial charge < -0.3 is 16.0 Å². The van der Waals surface area contributed by atoms with Gasteiger partial charge in [-0.3, -0.25) is 14.7 Å². The highest BCUT2D eigenvalue weighted by Gasteiger charge is 2.21. The lowest BCUT2D eigenvalue weighted by Gasteiger charge is -2.34. The number of anilines is 2. The first-order chi connectivity index (χ1) is 14.5. The second-order valence-electron chi connectivity index (χ2n) is 8.67. The van der Waals surface area contributed by atoms with Crippen LogP contribution in [0.25, 0.3) is 0 Å². The molecule has 160 valence electrons. The van der Waals surface area contributed by atoms with Crippen molar-refractivity contribution in [3.05, 3.63) is 40.7 Å². The highest BCUT2D eigenvalue weighted by atomic mass is 16.2. The maximum Gasteiger partial charge on any atom is 0.248 e. The molecule has 0 saturated carbocycles. The first kappa shape index (κ1) is 20.4. The second-order valence-corrected chi connectivity index (χ2v) is 8.67. The largest absolute Gasteiger partial charge is 0.370 e. The van der Waals surface area contributed by atoms with Crippen molar-refractivity contribution in [1.29, 1.82) is 0 Å². The minimum Gasteiger partial charge on any atom is -0.370 e. The van der Waals surface area contributed by atoms with E-state index in [0.29, 0.717) is 30.0 Å². The maximum absolute atomic E-state index is 12.8. The molecule has 1 aromatic carbocycles. The number of carbonyl (C=O) groups excluding carboxylic acids is 2. The van der Waals surface area contributed by atoms with Crippen LogP contribution in [-0.4, -0.2) is 35.1 Å². The van der Waals surface area contributed by atoms with E-state index in [1.165, 1.54) is 30.5 Å². The number of nitrogens with one attached hydrogen (secondary N) is 2. The minimum atomic E-state index is -0.493. The van der Waals surface area contributed by atoms with Crippen LogP contribution in [0.2, 0.25) is 0 Å². The number of aromatic nitrogens is 2. The molecule has 1 atom stereocenters. The third-order valence-electron chi connectivity index (χ3n) is 6.28. The summed E-state index contributed by atoms with van der Waals surface area (Å²) in [4.78, 5) is 26.7. The third kappa shape index (κ3) is 4.50. The Labute approximate surface area is 177 Å². The van der Waals surface area contributed by atoms with Crippen LogP contribution < -0.4 is 16.0 Å². The van der Waals surface area contributed by atoms with E-state index >= 15 is 0 Å². The Balaban J connectivity index is 1.48. The summed E-state index contributed by atoms with van der Waals surface area (Å²) in [5, 5.41) is 10.6.